The zero-order valence-corrected chi connectivity index (χ0v) is 10.4. The molecule has 0 radical (unpaired) electrons. The lowest BCUT2D eigenvalue weighted by Crippen LogP contribution is -1.94. The van der Waals surface area contributed by atoms with Crippen LogP contribution in [0.2, 0.25) is 0 Å². The Balaban J connectivity index is 2.75. The van der Waals surface area contributed by atoms with E-state index in [4.69, 9.17) is 0 Å². The fourth-order valence-electron chi connectivity index (χ4n) is 1.78. The average molecular weight is 220 g/mol. The smallest absolute Gasteiger partial charge is 0.0739 e. The van der Waals surface area contributed by atoms with Crippen LogP contribution in [0, 0.1) is 0 Å². The van der Waals surface area contributed by atoms with Crippen LogP contribution >= 0.6 is 11.5 Å². The first kappa shape index (κ1) is 10.6. The minimum absolute atomic E-state index is 0.485. The van der Waals surface area contributed by atoms with Crippen LogP contribution in [0.5, 0.6) is 0 Å². The van der Waals surface area contributed by atoms with Gasteiger partial charge in [0.25, 0.3) is 0 Å². The van der Waals surface area contributed by atoms with E-state index >= 15 is 0 Å². The molecule has 0 fully saturated rings. The van der Waals surface area contributed by atoms with Crippen LogP contribution < -0.4 is 0 Å². The molecule has 0 amide bonds. The second kappa shape index (κ2) is 3.89. The Bertz CT molecular complexity index is 471. The van der Waals surface area contributed by atoms with Gasteiger partial charge in [-0.25, -0.2) is 0 Å². The third-order valence-corrected chi connectivity index (χ3v) is 3.40. The maximum Gasteiger partial charge on any atom is 0.0739 e. The summed E-state index contributed by atoms with van der Waals surface area (Å²) in [7, 11) is 0. The van der Waals surface area contributed by atoms with E-state index in [-0.39, 0.29) is 0 Å². The zero-order valence-electron chi connectivity index (χ0n) is 9.61. The van der Waals surface area contributed by atoms with Gasteiger partial charge in [0.2, 0.25) is 0 Å². The van der Waals surface area contributed by atoms with Gasteiger partial charge in [-0.05, 0) is 28.9 Å². The molecule has 0 saturated heterocycles. The second-order valence-corrected chi connectivity index (χ2v) is 5.28. The molecular weight excluding hydrogens is 204 g/mol. The van der Waals surface area contributed by atoms with Gasteiger partial charge in [0.15, 0.2) is 0 Å². The Kier molecular flexibility index (Phi) is 2.74. The lowest BCUT2D eigenvalue weighted by molar-refractivity contribution is 0.834. The van der Waals surface area contributed by atoms with Crippen LogP contribution in [0.3, 0.4) is 0 Å². The van der Waals surface area contributed by atoms with Gasteiger partial charge in [0, 0.05) is 17.8 Å². The minimum Gasteiger partial charge on any atom is -0.263 e. The summed E-state index contributed by atoms with van der Waals surface area (Å²) in [5.74, 6) is 0.994. The van der Waals surface area contributed by atoms with Crippen molar-refractivity contribution in [3.8, 4) is 0 Å². The van der Waals surface area contributed by atoms with Gasteiger partial charge >= 0.3 is 0 Å². The summed E-state index contributed by atoms with van der Waals surface area (Å²) >= 11 is 1.56. The predicted octanol–water partition coefficient (Wildman–Crippen LogP) is 3.94. The molecule has 0 aromatic carbocycles. The van der Waals surface area contributed by atoms with Crippen LogP contribution in [-0.4, -0.2) is 9.36 Å². The highest BCUT2D eigenvalue weighted by Crippen LogP contribution is 2.33. The lowest BCUT2D eigenvalue weighted by Gasteiger charge is -2.09. The van der Waals surface area contributed by atoms with Crippen LogP contribution in [0.25, 0.3) is 10.1 Å². The molecule has 2 aromatic heterocycles. The summed E-state index contributed by atoms with van der Waals surface area (Å²) in [6.45, 7) is 8.80. The fraction of sp³-hybridized carbons (Fsp3) is 0.500. The van der Waals surface area contributed by atoms with Crippen molar-refractivity contribution in [2.24, 2.45) is 0 Å². The number of aromatic nitrogens is 2. The highest BCUT2D eigenvalue weighted by molar-refractivity contribution is 7.13. The quantitative estimate of drug-likeness (QED) is 0.766. The van der Waals surface area contributed by atoms with Crippen LogP contribution in [-0.2, 0) is 0 Å². The van der Waals surface area contributed by atoms with Crippen molar-refractivity contribution >= 4 is 21.6 Å². The summed E-state index contributed by atoms with van der Waals surface area (Å²) < 4.78 is 5.75. The van der Waals surface area contributed by atoms with Crippen molar-refractivity contribution in [3.05, 3.63) is 23.7 Å². The van der Waals surface area contributed by atoms with Crippen LogP contribution in [0.15, 0.2) is 12.4 Å². The first-order chi connectivity index (χ1) is 7.11. The summed E-state index contributed by atoms with van der Waals surface area (Å²) in [5, 5.41) is 1.33. The van der Waals surface area contributed by atoms with E-state index in [1.54, 1.807) is 11.5 Å². The highest BCUT2D eigenvalue weighted by atomic mass is 32.1. The standard InChI is InChI=1S/C12H16N2S/c1-7(2)9-5-13-6-10-11(9)12(8(3)4)14-15-10/h5-8H,1-4H3. The molecule has 0 aliphatic carbocycles. The first-order valence-corrected chi connectivity index (χ1v) is 6.11. The van der Waals surface area contributed by atoms with E-state index in [1.807, 2.05) is 12.4 Å². The van der Waals surface area contributed by atoms with E-state index in [0.717, 1.165) is 0 Å². The molecule has 0 unspecified atom stereocenters. The summed E-state index contributed by atoms with van der Waals surface area (Å²) in [4.78, 5) is 4.28. The van der Waals surface area contributed by atoms with Gasteiger partial charge in [-0.2, -0.15) is 4.37 Å². The largest absolute Gasteiger partial charge is 0.263 e. The molecule has 0 aliphatic rings. The van der Waals surface area contributed by atoms with E-state index < -0.39 is 0 Å². The predicted molar refractivity (Wildman–Crippen MR) is 65.6 cm³/mol. The van der Waals surface area contributed by atoms with Crippen molar-refractivity contribution in [1.82, 2.24) is 9.36 Å². The second-order valence-electron chi connectivity index (χ2n) is 4.48. The molecule has 2 rings (SSSR count). The van der Waals surface area contributed by atoms with Crippen molar-refractivity contribution in [2.45, 2.75) is 39.5 Å². The first-order valence-electron chi connectivity index (χ1n) is 5.34. The Morgan fingerprint density at radius 3 is 2.40 bits per heavy atom. The summed E-state index contributed by atoms with van der Waals surface area (Å²) in [6.07, 6.45) is 3.90. The molecule has 15 heavy (non-hydrogen) atoms. The molecule has 0 aliphatic heterocycles. The molecule has 0 spiro atoms. The molecule has 80 valence electrons. The van der Waals surface area contributed by atoms with Gasteiger partial charge in [-0.15, -0.1) is 0 Å². The van der Waals surface area contributed by atoms with Crippen LogP contribution in [0.1, 0.15) is 50.8 Å². The summed E-state index contributed by atoms with van der Waals surface area (Å²) in [6, 6.07) is 0. The van der Waals surface area contributed by atoms with Gasteiger partial charge in [-0.1, -0.05) is 27.7 Å². The number of pyridine rings is 1. The normalized spacial score (nSPS) is 11.9. The van der Waals surface area contributed by atoms with Gasteiger partial charge in [-0.3, -0.25) is 4.98 Å². The van der Waals surface area contributed by atoms with E-state index in [2.05, 4.69) is 37.1 Å². The molecule has 0 N–H and O–H groups in total. The molecule has 3 heteroatoms. The maximum absolute atomic E-state index is 4.54. The maximum atomic E-state index is 4.54. The Labute approximate surface area is 94.5 Å². The minimum atomic E-state index is 0.485. The van der Waals surface area contributed by atoms with E-state index in [9.17, 15) is 0 Å². The van der Waals surface area contributed by atoms with Gasteiger partial charge in [0.1, 0.15) is 0 Å². The fourth-order valence-corrected chi connectivity index (χ4v) is 2.70. The monoisotopic (exact) mass is 220 g/mol. The molecule has 0 bridgehead atoms. The Morgan fingerprint density at radius 2 is 1.80 bits per heavy atom. The average Bonchev–Trinajstić information content (AvgIpc) is 2.60. The molecule has 2 heterocycles. The Morgan fingerprint density at radius 1 is 1.07 bits per heavy atom. The van der Waals surface area contributed by atoms with Crippen molar-refractivity contribution in [2.75, 3.05) is 0 Å². The third-order valence-electron chi connectivity index (χ3n) is 2.61. The van der Waals surface area contributed by atoms with Gasteiger partial charge < -0.3 is 0 Å². The number of nitrogens with zero attached hydrogens (tertiary/aromatic N) is 2. The Hall–Kier alpha value is -0.960. The van der Waals surface area contributed by atoms with Crippen molar-refractivity contribution in [1.29, 1.82) is 0 Å². The molecular formula is C12H16N2S. The molecule has 0 saturated carbocycles. The number of fused-ring (bicyclic) bond motifs is 1. The molecule has 0 atom stereocenters. The third kappa shape index (κ3) is 1.76. The number of rotatable bonds is 2. The lowest BCUT2D eigenvalue weighted by atomic mass is 9.97. The molecule has 2 aromatic rings. The number of hydrogen-bond donors (Lipinski definition) is 0. The van der Waals surface area contributed by atoms with E-state index in [1.165, 1.54) is 21.3 Å². The topological polar surface area (TPSA) is 25.8 Å². The zero-order chi connectivity index (χ0) is 11.0. The SMILES string of the molecule is CC(C)c1cncc2snc(C(C)C)c12. The van der Waals surface area contributed by atoms with Crippen molar-refractivity contribution in [3.63, 3.8) is 0 Å². The van der Waals surface area contributed by atoms with Gasteiger partial charge in [0.05, 0.1) is 10.4 Å². The molecule has 2 nitrogen and oxygen atoms in total. The van der Waals surface area contributed by atoms with E-state index in [0.29, 0.717) is 11.8 Å². The summed E-state index contributed by atoms with van der Waals surface area (Å²) in [5.41, 5.74) is 2.55. The highest BCUT2D eigenvalue weighted by Gasteiger charge is 2.15. The van der Waals surface area contributed by atoms with Crippen molar-refractivity contribution < 1.29 is 0 Å². The number of hydrogen-bond acceptors (Lipinski definition) is 3. The van der Waals surface area contributed by atoms with Crippen LogP contribution in [0.4, 0.5) is 0 Å².